The van der Waals surface area contributed by atoms with E-state index in [9.17, 15) is 9.59 Å². The van der Waals surface area contributed by atoms with Crippen molar-refractivity contribution in [2.75, 3.05) is 26.2 Å². The van der Waals surface area contributed by atoms with Crippen molar-refractivity contribution in [2.45, 2.75) is 38.5 Å². The molecule has 24 heavy (non-hydrogen) atoms. The Hall–Kier alpha value is -1.98. The molecule has 6 nitrogen and oxygen atoms in total. The lowest BCUT2D eigenvalue weighted by Crippen LogP contribution is -2.52. The van der Waals surface area contributed by atoms with Crippen LogP contribution in [0.5, 0.6) is 0 Å². The molecule has 1 aromatic heterocycles. The number of carbonyl (C=O) groups is 2. The number of piperidine rings is 2. The molecule has 3 aliphatic rings. The molecule has 3 fully saturated rings. The summed E-state index contributed by atoms with van der Waals surface area (Å²) in [7, 11) is 0. The molecule has 3 heterocycles. The molecule has 1 spiro atoms. The number of aromatic nitrogens is 2. The van der Waals surface area contributed by atoms with Crippen LogP contribution in [0.1, 0.15) is 48.9 Å². The van der Waals surface area contributed by atoms with Gasteiger partial charge < -0.3 is 9.80 Å². The van der Waals surface area contributed by atoms with E-state index in [2.05, 4.69) is 14.9 Å². The summed E-state index contributed by atoms with van der Waals surface area (Å²) in [5, 5.41) is 0. The second kappa shape index (κ2) is 6.15. The van der Waals surface area contributed by atoms with Gasteiger partial charge in [-0.2, -0.15) is 0 Å². The van der Waals surface area contributed by atoms with E-state index in [1.54, 1.807) is 12.4 Å². The van der Waals surface area contributed by atoms with Gasteiger partial charge in [-0.15, -0.1) is 0 Å². The van der Waals surface area contributed by atoms with E-state index in [4.69, 9.17) is 0 Å². The van der Waals surface area contributed by atoms with Crippen LogP contribution in [0.4, 0.5) is 0 Å². The summed E-state index contributed by atoms with van der Waals surface area (Å²) >= 11 is 0. The second-order valence-electron chi connectivity index (χ2n) is 7.64. The van der Waals surface area contributed by atoms with Crippen molar-refractivity contribution in [3.63, 3.8) is 0 Å². The summed E-state index contributed by atoms with van der Waals surface area (Å²) in [6.45, 7) is 3.36. The third-order valence-electron chi connectivity index (χ3n) is 5.84. The van der Waals surface area contributed by atoms with Crippen molar-refractivity contribution in [1.82, 2.24) is 19.8 Å². The molecule has 0 N–H and O–H groups in total. The van der Waals surface area contributed by atoms with E-state index in [-0.39, 0.29) is 11.3 Å². The molecular formula is C18H24N4O2. The largest absolute Gasteiger partial charge is 0.342 e. The van der Waals surface area contributed by atoms with E-state index in [1.165, 1.54) is 19.2 Å². The number of amides is 2. The first-order valence-electron chi connectivity index (χ1n) is 8.97. The van der Waals surface area contributed by atoms with Crippen LogP contribution in [0.2, 0.25) is 0 Å². The Bertz CT molecular complexity index is 621. The number of nitrogens with zero attached hydrogens (tertiary/aromatic N) is 4. The maximum atomic E-state index is 12.5. The highest BCUT2D eigenvalue weighted by Crippen LogP contribution is 2.41. The lowest BCUT2D eigenvalue weighted by molar-refractivity contribution is -0.139. The van der Waals surface area contributed by atoms with Crippen LogP contribution in [0, 0.1) is 11.3 Å². The number of carbonyl (C=O) groups excluding carboxylic acids is 2. The standard InChI is InChI=1S/C18H24N4O2/c23-16-3-4-18(12-22(16)11-14-1-2-14)5-7-21(8-6-18)17(24)15-9-19-13-20-10-15/h9-10,13-14H,1-8,11-12H2. The Labute approximate surface area is 142 Å². The average Bonchev–Trinajstić information content (AvgIpc) is 3.43. The first kappa shape index (κ1) is 15.5. The van der Waals surface area contributed by atoms with Crippen molar-refractivity contribution in [3.05, 3.63) is 24.3 Å². The summed E-state index contributed by atoms with van der Waals surface area (Å²) in [4.78, 5) is 36.6. The molecule has 1 aromatic rings. The predicted molar refractivity (Wildman–Crippen MR) is 88.1 cm³/mol. The Balaban J connectivity index is 1.38. The number of rotatable bonds is 3. The first-order valence-corrected chi connectivity index (χ1v) is 8.97. The van der Waals surface area contributed by atoms with Crippen molar-refractivity contribution >= 4 is 11.8 Å². The maximum absolute atomic E-state index is 12.5. The molecule has 4 rings (SSSR count). The third-order valence-corrected chi connectivity index (χ3v) is 5.84. The highest BCUT2D eigenvalue weighted by Gasteiger charge is 2.42. The molecule has 0 bridgehead atoms. The zero-order valence-corrected chi connectivity index (χ0v) is 14.0. The lowest BCUT2D eigenvalue weighted by Gasteiger charge is -2.47. The Morgan fingerprint density at radius 3 is 2.54 bits per heavy atom. The van der Waals surface area contributed by atoms with E-state index in [0.29, 0.717) is 17.9 Å². The molecule has 1 saturated carbocycles. The van der Waals surface area contributed by atoms with Crippen molar-refractivity contribution in [1.29, 1.82) is 0 Å². The zero-order valence-electron chi connectivity index (χ0n) is 14.0. The van der Waals surface area contributed by atoms with Gasteiger partial charge in [-0.3, -0.25) is 9.59 Å². The minimum absolute atomic E-state index is 0.0205. The van der Waals surface area contributed by atoms with Gasteiger partial charge in [0.2, 0.25) is 5.91 Å². The number of hydrogen-bond donors (Lipinski definition) is 0. The normalized spacial score (nSPS) is 23.6. The van der Waals surface area contributed by atoms with Crippen LogP contribution in [0.3, 0.4) is 0 Å². The molecule has 6 heteroatoms. The maximum Gasteiger partial charge on any atom is 0.256 e. The van der Waals surface area contributed by atoms with E-state index < -0.39 is 0 Å². The summed E-state index contributed by atoms with van der Waals surface area (Å²) in [6.07, 6.45) is 10.8. The van der Waals surface area contributed by atoms with E-state index in [1.807, 2.05) is 4.90 Å². The van der Waals surface area contributed by atoms with Gasteiger partial charge in [-0.05, 0) is 43.4 Å². The molecule has 128 valence electrons. The third kappa shape index (κ3) is 3.14. The van der Waals surface area contributed by atoms with Gasteiger partial charge in [0.15, 0.2) is 0 Å². The lowest BCUT2D eigenvalue weighted by atomic mass is 9.72. The highest BCUT2D eigenvalue weighted by atomic mass is 16.2. The molecule has 0 radical (unpaired) electrons. The Kier molecular flexibility index (Phi) is 3.98. The molecule has 0 atom stereocenters. The fourth-order valence-corrected chi connectivity index (χ4v) is 4.07. The van der Waals surface area contributed by atoms with Crippen LogP contribution >= 0.6 is 0 Å². The smallest absolute Gasteiger partial charge is 0.256 e. The topological polar surface area (TPSA) is 66.4 Å². The molecule has 1 aliphatic carbocycles. The van der Waals surface area contributed by atoms with Crippen molar-refractivity contribution < 1.29 is 9.59 Å². The molecule has 0 aromatic carbocycles. The minimum atomic E-state index is 0.0205. The number of hydrogen-bond acceptors (Lipinski definition) is 4. The van der Waals surface area contributed by atoms with Crippen molar-refractivity contribution in [3.8, 4) is 0 Å². The number of likely N-dealkylation sites (tertiary alicyclic amines) is 2. The summed E-state index contributed by atoms with van der Waals surface area (Å²) in [6, 6.07) is 0. The highest BCUT2D eigenvalue weighted by molar-refractivity contribution is 5.93. The van der Waals surface area contributed by atoms with Gasteiger partial charge in [-0.25, -0.2) is 9.97 Å². The molecular weight excluding hydrogens is 304 g/mol. The summed E-state index contributed by atoms with van der Waals surface area (Å²) in [5.74, 6) is 1.09. The molecule has 2 amide bonds. The van der Waals surface area contributed by atoms with Crippen LogP contribution in [-0.2, 0) is 4.79 Å². The minimum Gasteiger partial charge on any atom is -0.342 e. The summed E-state index contributed by atoms with van der Waals surface area (Å²) < 4.78 is 0. The van der Waals surface area contributed by atoms with Gasteiger partial charge >= 0.3 is 0 Å². The van der Waals surface area contributed by atoms with Crippen LogP contribution in [0.15, 0.2) is 18.7 Å². The van der Waals surface area contributed by atoms with Crippen LogP contribution in [-0.4, -0.2) is 57.8 Å². The van der Waals surface area contributed by atoms with Gasteiger partial charge in [0, 0.05) is 45.0 Å². The fourth-order valence-electron chi connectivity index (χ4n) is 4.07. The predicted octanol–water partition coefficient (Wildman–Crippen LogP) is 1.73. The van der Waals surface area contributed by atoms with Crippen LogP contribution < -0.4 is 0 Å². The summed E-state index contributed by atoms with van der Waals surface area (Å²) in [5.41, 5.74) is 0.773. The quantitative estimate of drug-likeness (QED) is 0.847. The SMILES string of the molecule is O=C1CCC2(CCN(C(=O)c3cncnc3)CC2)CN1CC1CC1. The monoisotopic (exact) mass is 328 g/mol. The van der Waals surface area contributed by atoms with Crippen molar-refractivity contribution in [2.24, 2.45) is 11.3 Å². The molecule has 2 aliphatic heterocycles. The Morgan fingerprint density at radius 2 is 1.88 bits per heavy atom. The first-order chi connectivity index (χ1) is 11.7. The average molecular weight is 328 g/mol. The van der Waals surface area contributed by atoms with Gasteiger partial charge in [0.1, 0.15) is 6.33 Å². The van der Waals surface area contributed by atoms with Gasteiger partial charge in [0.05, 0.1) is 5.56 Å². The van der Waals surface area contributed by atoms with Gasteiger partial charge in [-0.1, -0.05) is 0 Å². The molecule has 0 unspecified atom stereocenters. The second-order valence-corrected chi connectivity index (χ2v) is 7.64. The molecule has 2 saturated heterocycles. The Morgan fingerprint density at radius 1 is 1.17 bits per heavy atom. The fraction of sp³-hybridized carbons (Fsp3) is 0.667. The van der Waals surface area contributed by atoms with Gasteiger partial charge in [0.25, 0.3) is 5.91 Å². The van der Waals surface area contributed by atoms with E-state index >= 15 is 0 Å². The zero-order chi connectivity index (χ0) is 16.6. The van der Waals surface area contributed by atoms with Crippen LogP contribution in [0.25, 0.3) is 0 Å². The van der Waals surface area contributed by atoms with E-state index in [0.717, 1.165) is 51.4 Å².